The summed E-state index contributed by atoms with van der Waals surface area (Å²) in [6.45, 7) is 5.62. The molecule has 2 rings (SSSR count). The lowest BCUT2D eigenvalue weighted by molar-refractivity contribution is -0.139. The predicted octanol–water partition coefficient (Wildman–Crippen LogP) is 1.70. The molecule has 2 N–H and O–H groups in total. The van der Waals surface area contributed by atoms with E-state index in [1.165, 1.54) is 0 Å². The van der Waals surface area contributed by atoms with Crippen LogP contribution in [0.25, 0.3) is 0 Å². The van der Waals surface area contributed by atoms with Gasteiger partial charge in [-0.05, 0) is 24.7 Å². The molecule has 2 fully saturated rings. The monoisotopic (exact) mass is 298 g/mol. The van der Waals surface area contributed by atoms with Gasteiger partial charge in [0, 0.05) is 12.6 Å². The van der Waals surface area contributed by atoms with E-state index in [2.05, 4.69) is 19.2 Å². The van der Waals surface area contributed by atoms with Crippen molar-refractivity contribution in [2.75, 3.05) is 19.8 Å². The molecule has 1 aliphatic heterocycles. The predicted molar refractivity (Wildman–Crippen MR) is 78.1 cm³/mol. The van der Waals surface area contributed by atoms with Gasteiger partial charge in [-0.2, -0.15) is 0 Å². The summed E-state index contributed by atoms with van der Waals surface area (Å²) < 4.78 is 5.30. The SMILES string of the molecule is CCC1CCC(NC(=O)N2CCOCC2CC(=O)O)C1C. The van der Waals surface area contributed by atoms with Crippen LogP contribution in [0.1, 0.15) is 39.5 Å². The molecular formula is C15H26N2O4. The van der Waals surface area contributed by atoms with E-state index in [1.807, 2.05) is 0 Å². The number of morpholine rings is 1. The second-order valence-electron chi connectivity index (χ2n) is 6.18. The van der Waals surface area contributed by atoms with E-state index in [4.69, 9.17) is 9.84 Å². The molecule has 0 bridgehead atoms. The van der Waals surface area contributed by atoms with Crippen molar-refractivity contribution in [3.63, 3.8) is 0 Å². The summed E-state index contributed by atoms with van der Waals surface area (Å²) in [4.78, 5) is 25.0. The zero-order valence-electron chi connectivity index (χ0n) is 12.9. The minimum absolute atomic E-state index is 0.0643. The van der Waals surface area contributed by atoms with Crippen LogP contribution in [0.3, 0.4) is 0 Å². The average Bonchev–Trinajstić information content (AvgIpc) is 2.79. The van der Waals surface area contributed by atoms with Crippen LogP contribution < -0.4 is 5.32 Å². The molecule has 4 unspecified atom stereocenters. The molecule has 0 spiro atoms. The maximum absolute atomic E-state index is 12.5. The van der Waals surface area contributed by atoms with E-state index < -0.39 is 5.97 Å². The molecule has 1 saturated heterocycles. The Labute approximate surface area is 125 Å². The van der Waals surface area contributed by atoms with Crippen LogP contribution in [0.15, 0.2) is 0 Å². The fraction of sp³-hybridized carbons (Fsp3) is 0.867. The molecular weight excluding hydrogens is 272 g/mol. The summed E-state index contributed by atoms with van der Waals surface area (Å²) in [7, 11) is 0. The Bertz CT molecular complexity index is 388. The minimum atomic E-state index is -0.899. The van der Waals surface area contributed by atoms with Gasteiger partial charge >= 0.3 is 12.0 Å². The van der Waals surface area contributed by atoms with E-state index >= 15 is 0 Å². The van der Waals surface area contributed by atoms with Crippen molar-refractivity contribution in [3.05, 3.63) is 0 Å². The number of ether oxygens (including phenoxy) is 1. The van der Waals surface area contributed by atoms with Gasteiger partial charge in [-0.3, -0.25) is 4.79 Å². The molecule has 0 radical (unpaired) electrons. The standard InChI is InChI=1S/C15H26N2O4/c1-3-11-4-5-13(10(11)2)16-15(20)17-6-7-21-9-12(17)8-14(18)19/h10-13H,3-9H2,1-2H3,(H,16,20)(H,18,19). The summed E-state index contributed by atoms with van der Waals surface area (Å²) in [5, 5.41) is 12.0. The lowest BCUT2D eigenvalue weighted by atomic mass is 9.93. The Morgan fingerprint density at radius 3 is 2.76 bits per heavy atom. The molecule has 2 amide bonds. The Morgan fingerprint density at radius 1 is 1.38 bits per heavy atom. The first-order valence-electron chi connectivity index (χ1n) is 7.89. The van der Waals surface area contributed by atoms with Gasteiger partial charge in [0.2, 0.25) is 0 Å². The molecule has 1 heterocycles. The third kappa shape index (κ3) is 3.87. The first-order valence-corrected chi connectivity index (χ1v) is 7.89. The number of carboxylic acids is 1. The number of urea groups is 1. The van der Waals surface area contributed by atoms with Crippen LogP contribution in [0, 0.1) is 11.8 Å². The fourth-order valence-electron chi connectivity index (χ4n) is 3.56. The highest BCUT2D eigenvalue weighted by atomic mass is 16.5. The largest absolute Gasteiger partial charge is 0.481 e. The lowest BCUT2D eigenvalue weighted by Gasteiger charge is -2.36. The van der Waals surface area contributed by atoms with Crippen molar-refractivity contribution in [2.24, 2.45) is 11.8 Å². The molecule has 1 saturated carbocycles. The molecule has 0 aromatic heterocycles. The molecule has 0 aromatic rings. The average molecular weight is 298 g/mol. The highest BCUT2D eigenvalue weighted by Gasteiger charge is 2.35. The number of aliphatic carboxylic acids is 1. The topological polar surface area (TPSA) is 78.9 Å². The number of amides is 2. The van der Waals surface area contributed by atoms with Crippen LogP contribution in [-0.4, -0.2) is 53.8 Å². The Kier molecular flexibility index (Phi) is 5.45. The minimum Gasteiger partial charge on any atom is -0.481 e. The van der Waals surface area contributed by atoms with Gasteiger partial charge in [0.05, 0.1) is 25.7 Å². The summed E-state index contributed by atoms with van der Waals surface area (Å²) >= 11 is 0. The van der Waals surface area contributed by atoms with E-state index in [1.54, 1.807) is 4.90 Å². The molecule has 21 heavy (non-hydrogen) atoms. The van der Waals surface area contributed by atoms with Crippen molar-refractivity contribution in [1.29, 1.82) is 0 Å². The van der Waals surface area contributed by atoms with Crippen molar-refractivity contribution < 1.29 is 19.4 Å². The molecule has 2 aliphatic rings. The van der Waals surface area contributed by atoms with Crippen LogP contribution >= 0.6 is 0 Å². The molecule has 6 nitrogen and oxygen atoms in total. The van der Waals surface area contributed by atoms with E-state index in [0.717, 1.165) is 19.3 Å². The highest BCUT2D eigenvalue weighted by Crippen LogP contribution is 2.34. The van der Waals surface area contributed by atoms with Gasteiger partial charge < -0.3 is 20.1 Å². The molecule has 4 atom stereocenters. The number of rotatable bonds is 4. The molecule has 0 aromatic carbocycles. The maximum atomic E-state index is 12.5. The fourth-order valence-corrected chi connectivity index (χ4v) is 3.56. The van der Waals surface area contributed by atoms with Crippen molar-refractivity contribution >= 4 is 12.0 Å². The van der Waals surface area contributed by atoms with Gasteiger partial charge in [0.1, 0.15) is 0 Å². The Hall–Kier alpha value is -1.30. The van der Waals surface area contributed by atoms with Gasteiger partial charge in [0.25, 0.3) is 0 Å². The first kappa shape index (κ1) is 16.1. The van der Waals surface area contributed by atoms with Crippen molar-refractivity contribution in [3.8, 4) is 0 Å². The van der Waals surface area contributed by atoms with Crippen LogP contribution in [0.4, 0.5) is 4.79 Å². The van der Waals surface area contributed by atoms with Gasteiger partial charge in [-0.1, -0.05) is 20.3 Å². The zero-order valence-corrected chi connectivity index (χ0v) is 12.9. The van der Waals surface area contributed by atoms with Gasteiger partial charge in [0.15, 0.2) is 0 Å². The quantitative estimate of drug-likeness (QED) is 0.828. The smallest absolute Gasteiger partial charge is 0.318 e. The van der Waals surface area contributed by atoms with Gasteiger partial charge in [-0.25, -0.2) is 4.79 Å². The second kappa shape index (κ2) is 7.11. The van der Waals surface area contributed by atoms with E-state index in [9.17, 15) is 9.59 Å². The number of nitrogens with zero attached hydrogens (tertiary/aromatic N) is 1. The van der Waals surface area contributed by atoms with E-state index in [0.29, 0.717) is 31.6 Å². The van der Waals surface area contributed by atoms with Gasteiger partial charge in [-0.15, -0.1) is 0 Å². The number of hydrogen-bond donors (Lipinski definition) is 2. The van der Waals surface area contributed by atoms with Crippen LogP contribution in [0.2, 0.25) is 0 Å². The molecule has 6 heteroatoms. The maximum Gasteiger partial charge on any atom is 0.318 e. The van der Waals surface area contributed by atoms with E-state index in [-0.39, 0.29) is 24.5 Å². The third-order valence-electron chi connectivity index (χ3n) is 4.96. The Morgan fingerprint density at radius 2 is 2.14 bits per heavy atom. The summed E-state index contributed by atoms with van der Waals surface area (Å²) in [5.74, 6) is 0.260. The molecule has 120 valence electrons. The number of nitrogens with one attached hydrogen (secondary N) is 1. The highest BCUT2D eigenvalue weighted by molar-refractivity contribution is 5.76. The summed E-state index contributed by atoms with van der Waals surface area (Å²) in [6, 6.07) is -0.302. The number of carbonyl (C=O) groups is 2. The third-order valence-corrected chi connectivity index (χ3v) is 4.96. The normalized spacial score (nSPS) is 33.0. The number of carbonyl (C=O) groups excluding carboxylic acids is 1. The van der Waals surface area contributed by atoms with Crippen molar-refractivity contribution in [1.82, 2.24) is 10.2 Å². The Balaban J connectivity index is 1.93. The van der Waals surface area contributed by atoms with Crippen molar-refractivity contribution in [2.45, 2.75) is 51.6 Å². The second-order valence-corrected chi connectivity index (χ2v) is 6.18. The summed E-state index contributed by atoms with van der Waals surface area (Å²) in [5.41, 5.74) is 0. The lowest BCUT2D eigenvalue weighted by Crippen LogP contribution is -2.55. The van der Waals surface area contributed by atoms with Crippen LogP contribution in [-0.2, 0) is 9.53 Å². The number of hydrogen-bond acceptors (Lipinski definition) is 3. The first-order chi connectivity index (χ1) is 10.0. The molecule has 1 aliphatic carbocycles. The summed E-state index contributed by atoms with van der Waals surface area (Å²) in [6.07, 6.45) is 3.25. The number of carboxylic acid groups (broad SMARTS) is 1. The zero-order chi connectivity index (χ0) is 15.4. The van der Waals surface area contributed by atoms with Crippen LogP contribution in [0.5, 0.6) is 0 Å².